The predicted octanol–water partition coefficient (Wildman–Crippen LogP) is 1.13. The summed E-state index contributed by atoms with van der Waals surface area (Å²) in [4.78, 5) is 21.1. The molecule has 2 atom stereocenters. The van der Waals surface area contributed by atoms with E-state index in [0.717, 1.165) is 31.1 Å². The van der Waals surface area contributed by atoms with Gasteiger partial charge in [0.25, 0.3) is 5.91 Å². The molecule has 1 saturated heterocycles. The largest absolute Gasteiger partial charge is 0.382 e. The van der Waals surface area contributed by atoms with E-state index >= 15 is 0 Å². The number of hydrogen-bond acceptors (Lipinski definition) is 6. The molecule has 112 valence electrons. The summed E-state index contributed by atoms with van der Waals surface area (Å²) in [5.74, 6) is 0.273. The Morgan fingerprint density at radius 3 is 2.90 bits per heavy atom. The normalized spacial score (nSPS) is 20.2. The van der Waals surface area contributed by atoms with Gasteiger partial charge in [-0.25, -0.2) is 4.98 Å². The van der Waals surface area contributed by atoms with Crippen LogP contribution in [0.15, 0.2) is 0 Å². The summed E-state index contributed by atoms with van der Waals surface area (Å²) in [6.45, 7) is 5.74. The van der Waals surface area contributed by atoms with Gasteiger partial charge in [0, 0.05) is 32.2 Å². The van der Waals surface area contributed by atoms with Crippen molar-refractivity contribution in [1.82, 2.24) is 9.88 Å². The van der Waals surface area contributed by atoms with E-state index in [0.29, 0.717) is 10.7 Å². The highest BCUT2D eigenvalue weighted by Crippen LogP contribution is 2.31. The van der Waals surface area contributed by atoms with Crippen LogP contribution >= 0.6 is 11.3 Å². The van der Waals surface area contributed by atoms with Gasteiger partial charge in [-0.1, -0.05) is 18.3 Å². The Morgan fingerprint density at radius 1 is 1.65 bits per heavy atom. The van der Waals surface area contributed by atoms with Crippen LogP contribution in [0, 0.1) is 0 Å². The molecule has 1 aliphatic rings. The summed E-state index contributed by atoms with van der Waals surface area (Å²) < 4.78 is 0. The lowest BCUT2D eigenvalue weighted by Gasteiger charge is -2.23. The van der Waals surface area contributed by atoms with Crippen LogP contribution in [0.2, 0.25) is 0 Å². The van der Waals surface area contributed by atoms with Gasteiger partial charge in [0.2, 0.25) is 0 Å². The molecule has 4 N–H and O–H groups in total. The van der Waals surface area contributed by atoms with Crippen LogP contribution in [0.3, 0.4) is 0 Å². The zero-order valence-corrected chi connectivity index (χ0v) is 13.1. The van der Waals surface area contributed by atoms with Crippen molar-refractivity contribution in [1.29, 1.82) is 0 Å². The van der Waals surface area contributed by atoms with E-state index in [1.54, 1.807) is 11.9 Å². The quantitative estimate of drug-likeness (QED) is 0.870. The summed E-state index contributed by atoms with van der Waals surface area (Å²) in [7, 11) is 1.81. The lowest BCUT2D eigenvalue weighted by atomic mass is 10.2. The molecule has 0 aliphatic carbocycles. The summed E-state index contributed by atoms with van der Waals surface area (Å²) >= 11 is 1.37. The Bertz CT molecular complexity index is 489. The number of anilines is 2. The van der Waals surface area contributed by atoms with Crippen LogP contribution in [0.25, 0.3) is 0 Å². The molecule has 1 aromatic rings. The third-order valence-corrected chi connectivity index (χ3v) is 5.02. The van der Waals surface area contributed by atoms with Crippen molar-refractivity contribution < 1.29 is 4.79 Å². The predicted molar refractivity (Wildman–Crippen MR) is 83.2 cm³/mol. The molecule has 0 radical (unpaired) electrons. The van der Waals surface area contributed by atoms with Gasteiger partial charge < -0.3 is 21.3 Å². The Labute approximate surface area is 123 Å². The summed E-state index contributed by atoms with van der Waals surface area (Å²) in [6, 6.07) is 0.370. The highest BCUT2D eigenvalue weighted by molar-refractivity contribution is 7.18. The maximum atomic E-state index is 12.4. The first kappa shape index (κ1) is 15.1. The third-order valence-electron chi connectivity index (χ3n) is 3.90. The van der Waals surface area contributed by atoms with E-state index in [1.165, 1.54) is 11.3 Å². The fourth-order valence-corrected chi connectivity index (χ4v) is 3.21. The number of nitrogens with two attached hydrogens (primary N) is 2. The Morgan fingerprint density at radius 2 is 2.35 bits per heavy atom. The van der Waals surface area contributed by atoms with Crippen molar-refractivity contribution in [3.05, 3.63) is 4.88 Å². The number of thiazole rings is 1. The number of carbonyl (C=O) groups is 1. The van der Waals surface area contributed by atoms with Gasteiger partial charge in [-0.2, -0.15) is 0 Å². The van der Waals surface area contributed by atoms with E-state index < -0.39 is 0 Å². The number of hydrogen-bond donors (Lipinski definition) is 2. The van der Waals surface area contributed by atoms with Gasteiger partial charge in [0.1, 0.15) is 10.7 Å². The Balaban J connectivity index is 2.17. The van der Waals surface area contributed by atoms with Crippen LogP contribution in [0.4, 0.5) is 10.9 Å². The van der Waals surface area contributed by atoms with Gasteiger partial charge in [0.15, 0.2) is 5.13 Å². The maximum Gasteiger partial charge on any atom is 0.267 e. The van der Waals surface area contributed by atoms with Crippen molar-refractivity contribution in [2.75, 3.05) is 30.8 Å². The standard InChI is InChI=1S/C13H23N5OS/c1-4-8(2)17(3)12(19)10-11(15)16-13(20-10)18-6-5-9(14)7-18/h8-9H,4-7,14-15H2,1-3H3. The van der Waals surface area contributed by atoms with E-state index in [2.05, 4.69) is 16.8 Å². The zero-order chi connectivity index (χ0) is 14.9. The molecule has 0 aromatic carbocycles. The van der Waals surface area contributed by atoms with Crippen LogP contribution < -0.4 is 16.4 Å². The number of carbonyl (C=O) groups excluding carboxylic acids is 1. The van der Waals surface area contributed by atoms with Crippen molar-refractivity contribution in [3.63, 3.8) is 0 Å². The minimum Gasteiger partial charge on any atom is -0.382 e. The SMILES string of the molecule is CCC(C)N(C)C(=O)c1sc(N2CCC(N)C2)nc1N. The highest BCUT2D eigenvalue weighted by Gasteiger charge is 2.27. The zero-order valence-electron chi connectivity index (χ0n) is 12.3. The second kappa shape index (κ2) is 5.97. The smallest absolute Gasteiger partial charge is 0.267 e. The van der Waals surface area contributed by atoms with Gasteiger partial charge in [-0.15, -0.1) is 0 Å². The van der Waals surface area contributed by atoms with Gasteiger partial charge in [-0.05, 0) is 19.8 Å². The van der Waals surface area contributed by atoms with Crippen molar-refractivity contribution in [2.45, 2.75) is 38.8 Å². The van der Waals surface area contributed by atoms with E-state index in [1.807, 2.05) is 6.92 Å². The van der Waals surface area contributed by atoms with E-state index in [-0.39, 0.29) is 18.0 Å². The molecule has 6 nitrogen and oxygen atoms in total. The molecule has 2 unspecified atom stereocenters. The van der Waals surface area contributed by atoms with Gasteiger partial charge in [0.05, 0.1) is 0 Å². The fraction of sp³-hybridized carbons (Fsp3) is 0.692. The first-order valence-electron chi connectivity index (χ1n) is 6.98. The van der Waals surface area contributed by atoms with E-state index in [9.17, 15) is 4.79 Å². The van der Waals surface area contributed by atoms with Gasteiger partial charge >= 0.3 is 0 Å². The van der Waals surface area contributed by atoms with Crippen LogP contribution in [0.5, 0.6) is 0 Å². The third kappa shape index (κ3) is 2.88. The van der Waals surface area contributed by atoms with Crippen molar-refractivity contribution in [2.24, 2.45) is 5.73 Å². The van der Waals surface area contributed by atoms with Crippen LogP contribution in [-0.4, -0.2) is 48.0 Å². The lowest BCUT2D eigenvalue weighted by molar-refractivity contribution is 0.0746. The second-order valence-corrected chi connectivity index (χ2v) is 6.36. The van der Waals surface area contributed by atoms with Crippen molar-refractivity contribution in [3.8, 4) is 0 Å². The number of rotatable bonds is 4. The average molecular weight is 297 g/mol. The fourth-order valence-electron chi connectivity index (χ4n) is 2.20. The Kier molecular flexibility index (Phi) is 4.49. The Hall–Kier alpha value is -1.34. The van der Waals surface area contributed by atoms with Crippen molar-refractivity contribution >= 4 is 28.2 Å². The second-order valence-electron chi connectivity index (χ2n) is 5.38. The topological polar surface area (TPSA) is 88.5 Å². The molecular formula is C13H23N5OS. The molecule has 1 amide bonds. The minimum atomic E-state index is -0.0518. The highest BCUT2D eigenvalue weighted by atomic mass is 32.1. The first-order valence-corrected chi connectivity index (χ1v) is 7.79. The number of nitrogen functional groups attached to an aromatic ring is 1. The van der Waals surface area contributed by atoms with E-state index in [4.69, 9.17) is 11.5 Å². The molecule has 1 aliphatic heterocycles. The number of amides is 1. The molecular weight excluding hydrogens is 274 g/mol. The molecule has 0 bridgehead atoms. The minimum absolute atomic E-state index is 0.0518. The molecule has 2 rings (SSSR count). The molecule has 20 heavy (non-hydrogen) atoms. The summed E-state index contributed by atoms with van der Waals surface area (Å²) in [5.41, 5.74) is 11.8. The summed E-state index contributed by atoms with van der Waals surface area (Å²) in [5, 5.41) is 0.802. The maximum absolute atomic E-state index is 12.4. The van der Waals surface area contributed by atoms with Gasteiger partial charge in [-0.3, -0.25) is 4.79 Å². The molecule has 2 heterocycles. The first-order chi connectivity index (χ1) is 9.43. The van der Waals surface area contributed by atoms with Crippen LogP contribution in [-0.2, 0) is 0 Å². The average Bonchev–Trinajstić information content (AvgIpc) is 3.02. The monoisotopic (exact) mass is 297 g/mol. The molecule has 0 saturated carbocycles. The molecule has 1 aromatic heterocycles. The molecule has 0 spiro atoms. The number of aromatic nitrogens is 1. The summed E-state index contributed by atoms with van der Waals surface area (Å²) in [6.07, 6.45) is 1.87. The molecule has 1 fully saturated rings. The molecule has 7 heteroatoms. The number of nitrogens with zero attached hydrogens (tertiary/aromatic N) is 3. The van der Waals surface area contributed by atoms with Crippen LogP contribution in [0.1, 0.15) is 36.4 Å². The lowest BCUT2D eigenvalue weighted by Crippen LogP contribution is -2.34.